The van der Waals surface area contributed by atoms with Gasteiger partial charge in [0.15, 0.2) is 5.82 Å². The Morgan fingerprint density at radius 1 is 1.28 bits per heavy atom. The lowest BCUT2D eigenvalue weighted by molar-refractivity contribution is 0.0469. The Morgan fingerprint density at radius 2 is 2.08 bits per heavy atom. The van der Waals surface area contributed by atoms with Crippen LogP contribution in [0.4, 0.5) is 17.5 Å². The van der Waals surface area contributed by atoms with Crippen molar-refractivity contribution in [1.82, 2.24) is 20.1 Å². The Labute approximate surface area is 146 Å². The minimum atomic E-state index is -0.212. The van der Waals surface area contributed by atoms with Crippen LogP contribution in [-0.4, -0.2) is 46.9 Å². The third kappa shape index (κ3) is 3.05. The maximum atomic E-state index is 12.7. The summed E-state index contributed by atoms with van der Waals surface area (Å²) >= 11 is 0. The number of hydrogen-bond acceptors (Lipinski definition) is 6. The number of amides is 1. The summed E-state index contributed by atoms with van der Waals surface area (Å²) in [6, 6.07) is 5.72. The second-order valence-electron chi connectivity index (χ2n) is 7.02. The van der Waals surface area contributed by atoms with Crippen LogP contribution < -0.4 is 21.3 Å². The van der Waals surface area contributed by atoms with Gasteiger partial charge in [-0.05, 0) is 30.4 Å². The lowest BCUT2D eigenvalue weighted by Crippen LogP contribution is -2.63. The molecule has 1 aliphatic heterocycles. The second-order valence-corrected chi connectivity index (χ2v) is 7.02. The Kier molecular flexibility index (Phi) is 3.84. The predicted molar refractivity (Wildman–Crippen MR) is 96.9 cm³/mol. The van der Waals surface area contributed by atoms with Crippen molar-refractivity contribution in [3.63, 3.8) is 0 Å². The van der Waals surface area contributed by atoms with E-state index in [0.29, 0.717) is 28.7 Å². The highest BCUT2D eigenvalue weighted by atomic mass is 16.1. The first kappa shape index (κ1) is 15.9. The van der Waals surface area contributed by atoms with Gasteiger partial charge in [-0.25, -0.2) is 4.98 Å². The average molecular weight is 341 g/mol. The van der Waals surface area contributed by atoms with Crippen molar-refractivity contribution < 1.29 is 4.79 Å². The Morgan fingerprint density at radius 3 is 2.68 bits per heavy atom. The molecular weight excluding hydrogens is 318 g/mol. The van der Waals surface area contributed by atoms with Gasteiger partial charge in [-0.15, -0.1) is 0 Å². The zero-order chi connectivity index (χ0) is 17.4. The van der Waals surface area contributed by atoms with Gasteiger partial charge >= 0.3 is 0 Å². The van der Waals surface area contributed by atoms with Crippen molar-refractivity contribution in [2.24, 2.45) is 12.5 Å². The Bertz CT molecular complexity index is 788. The predicted octanol–water partition coefficient (Wildman–Crippen LogP) is 1.27. The van der Waals surface area contributed by atoms with Gasteiger partial charge in [-0.1, -0.05) is 0 Å². The van der Waals surface area contributed by atoms with E-state index >= 15 is 0 Å². The lowest BCUT2D eigenvalue weighted by Gasteiger charge is -2.54. The van der Waals surface area contributed by atoms with Gasteiger partial charge in [0.2, 0.25) is 0 Å². The molecule has 1 saturated carbocycles. The van der Waals surface area contributed by atoms with Crippen LogP contribution in [0.3, 0.4) is 0 Å². The van der Waals surface area contributed by atoms with E-state index in [9.17, 15) is 4.79 Å². The van der Waals surface area contributed by atoms with Crippen LogP contribution in [-0.2, 0) is 7.05 Å². The van der Waals surface area contributed by atoms with Crippen molar-refractivity contribution >= 4 is 23.4 Å². The molecule has 2 fully saturated rings. The van der Waals surface area contributed by atoms with E-state index in [2.05, 4.69) is 31.3 Å². The van der Waals surface area contributed by atoms with Crippen LogP contribution in [0.5, 0.6) is 0 Å². The maximum absolute atomic E-state index is 12.7. The quantitative estimate of drug-likeness (QED) is 0.654. The maximum Gasteiger partial charge on any atom is 0.260 e. The molecule has 25 heavy (non-hydrogen) atoms. The largest absolute Gasteiger partial charge is 0.373 e. The minimum absolute atomic E-state index is 0.212. The Balaban J connectivity index is 1.51. The number of aromatic nitrogens is 3. The second kappa shape index (κ2) is 6.03. The summed E-state index contributed by atoms with van der Waals surface area (Å²) in [7, 11) is 3.63. The van der Waals surface area contributed by atoms with Crippen molar-refractivity contribution in [3.8, 4) is 0 Å². The number of anilines is 3. The number of rotatable bonds is 5. The van der Waals surface area contributed by atoms with Gasteiger partial charge in [0.05, 0.1) is 5.56 Å². The third-order valence-corrected chi connectivity index (χ3v) is 5.05. The van der Waals surface area contributed by atoms with Gasteiger partial charge in [0.1, 0.15) is 11.6 Å². The first-order chi connectivity index (χ1) is 12.1. The highest BCUT2D eigenvalue weighted by Gasteiger charge is 2.48. The van der Waals surface area contributed by atoms with E-state index in [-0.39, 0.29) is 5.91 Å². The lowest BCUT2D eigenvalue weighted by atomic mass is 9.61. The summed E-state index contributed by atoms with van der Waals surface area (Å²) in [5.41, 5.74) is 0.992. The topological polar surface area (TPSA) is 95.9 Å². The number of carbonyl (C=O) groups is 1. The number of nitrogens with one attached hydrogen (secondary N) is 4. The first-order valence-corrected chi connectivity index (χ1v) is 8.54. The molecule has 2 aromatic rings. The molecule has 8 nitrogen and oxygen atoms in total. The summed E-state index contributed by atoms with van der Waals surface area (Å²) < 4.78 is 1.65. The first-order valence-electron chi connectivity index (χ1n) is 8.54. The standard InChI is InChI=1S/C17H23N7O/c1-18-13-4-3-12(16(25)22-14-5-6-24(2)23-14)15(21-13)20-11-7-17(8-11)9-19-10-17/h3-6,11,19H,7-10H2,1-2H3,(H2,18,20,21)(H,22,23,25). The number of aryl methyl sites for hydroxylation is 1. The van der Waals surface area contributed by atoms with Crippen molar-refractivity contribution in [2.45, 2.75) is 18.9 Å². The number of carbonyl (C=O) groups excluding carboxylic acids is 1. The fraction of sp³-hybridized carbons (Fsp3) is 0.471. The molecule has 3 heterocycles. The van der Waals surface area contributed by atoms with Gasteiger partial charge in [0.25, 0.3) is 5.91 Å². The Hall–Kier alpha value is -2.61. The molecule has 1 aliphatic carbocycles. The molecule has 0 atom stereocenters. The molecule has 0 aromatic carbocycles. The van der Waals surface area contributed by atoms with E-state index < -0.39 is 0 Å². The van der Waals surface area contributed by atoms with E-state index in [1.807, 2.05) is 14.1 Å². The van der Waals surface area contributed by atoms with E-state index in [0.717, 1.165) is 31.7 Å². The molecule has 8 heteroatoms. The van der Waals surface area contributed by atoms with Crippen LogP contribution in [0.15, 0.2) is 24.4 Å². The van der Waals surface area contributed by atoms with E-state index in [4.69, 9.17) is 0 Å². The normalized spacial score (nSPS) is 18.3. The van der Waals surface area contributed by atoms with E-state index in [1.54, 1.807) is 29.1 Å². The number of nitrogens with zero attached hydrogens (tertiary/aromatic N) is 3. The van der Waals surface area contributed by atoms with Crippen LogP contribution in [0.25, 0.3) is 0 Å². The molecule has 2 aliphatic rings. The van der Waals surface area contributed by atoms with Gasteiger partial charge in [-0.3, -0.25) is 9.48 Å². The van der Waals surface area contributed by atoms with E-state index in [1.165, 1.54) is 0 Å². The van der Waals surface area contributed by atoms with Crippen molar-refractivity contribution in [3.05, 3.63) is 30.0 Å². The zero-order valence-corrected chi connectivity index (χ0v) is 14.5. The fourth-order valence-corrected chi connectivity index (χ4v) is 3.61. The average Bonchev–Trinajstić information content (AvgIpc) is 2.93. The van der Waals surface area contributed by atoms with Crippen LogP contribution in [0.1, 0.15) is 23.2 Å². The molecule has 0 bridgehead atoms. The van der Waals surface area contributed by atoms with Gasteiger partial charge in [-0.2, -0.15) is 5.10 Å². The summed E-state index contributed by atoms with van der Waals surface area (Å²) in [6.45, 7) is 2.20. The molecular formula is C17H23N7O. The fourth-order valence-electron chi connectivity index (χ4n) is 3.61. The van der Waals surface area contributed by atoms with Crippen LogP contribution in [0, 0.1) is 5.41 Å². The molecule has 2 aromatic heterocycles. The molecule has 4 N–H and O–H groups in total. The summed E-state index contributed by atoms with van der Waals surface area (Å²) in [6.07, 6.45) is 4.02. The smallest absolute Gasteiger partial charge is 0.260 e. The number of pyridine rings is 1. The summed E-state index contributed by atoms with van der Waals surface area (Å²) in [5.74, 6) is 1.67. The molecule has 0 unspecified atom stereocenters. The highest BCUT2D eigenvalue weighted by Crippen LogP contribution is 2.45. The monoisotopic (exact) mass is 341 g/mol. The minimum Gasteiger partial charge on any atom is -0.373 e. The number of hydrogen-bond donors (Lipinski definition) is 4. The highest BCUT2D eigenvalue weighted by molar-refractivity contribution is 6.07. The van der Waals surface area contributed by atoms with Crippen molar-refractivity contribution in [1.29, 1.82) is 0 Å². The summed E-state index contributed by atoms with van der Waals surface area (Å²) in [4.78, 5) is 17.2. The van der Waals surface area contributed by atoms with Crippen LogP contribution in [0.2, 0.25) is 0 Å². The zero-order valence-electron chi connectivity index (χ0n) is 14.5. The molecule has 132 valence electrons. The van der Waals surface area contributed by atoms with Gasteiger partial charge < -0.3 is 21.3 Å². The SMILES string of the molecule is CNc1ccc(C(=O)Nc2ccn(C)n2)c(NC2CC3(CNC3)C2)n1. The molecule has 1 amide bonds. The van der Waals surface area contributed by atoms with Crippen LogP contribution >= 0.6 is 0 Å². The molecule has 0 radical (unpaired) electrons. The molecule has 1 spiro atoms. The molecule has 4 rings (SSSR count). The summed E-state index contributed by atoms with van der Waals surface area (Å²) in [5, 5.41) is 16.8. The third-order valence-electron chi connectivity index (χ3n) is 5.05. The van der Waals surface area contributed by atoms with Crippen molar-refractivity contribution in [2.75, 3.05) is 36.1 Å². The molecule has 1 saturated heterocycles. The van der Waals surface area contributed by atoms with Gasteiger partial charge in [0, 0.05) is 45.5 Å².